The van der Waals surface area contributed by atoms with Gasteiger partial charge in [-0.3, -0.25) is 4.79 Å². The molecule has 0 bridgehead atoms. The second kappa shape index (κ2) is 7.11. The van der Waals surface area contributed by atoms with Crippen molar-refractivity contribution in [2.24, 2.45) is 0 Å². The lowest BCUT2D eigenvalue weighted by atomic mass is 9.82. The molecule has 24 heavy (non-hydrogen) atoms. The van der Waals surface area contributed by atoms with E-state index in [1.807, 2.05) is 0 Å². The molecule has 1 aromatic heterocycles. The number of hydrogen-bond acceptors (Lipinski definition) is 5. The third kappa shape index (κ3) is 3.32. The molecule has 7 heteroatoms. The van der Waals surface area contributed by atoms with E-state index in [-0.39, 0.29) is 18.3 Å². The highest BCUT2D eigenvalue weighted by Crippen LogP contribution is 2.33. The van der Waals surface area contributed by atoms with Gasteiger partial charge in [0.2, 0.25) is 0 Å². The Morgan fingerprint density at radius 1 is 1.33 bits per heavy atom. The van der Waals surface area contributed by atoms with Gasteiger partial charge in [-0.1, -0.05) is 17.3 Å². The predicted molar refractivity (Wildman–Crippen MR) is 82.8 cm³/mol. The molecule has 0 atom stereocenters. The van der Waals surface area contributed by atoms with Crippen LogP contribution in [-0.4, -0.2) is 31.4 Å². The molecule has 6 nitrogen and oxygen atoms in total. The van der Waals surface area contributed by atoms with Gasteiger partial charge in [-0.05, 0) is 30.5 Å². The first-order valence-corrected chi connectivity index (χ1v) is 7.73. The summed E-state index contributed by atoms with van der Waals surface area (Å²) in [5.41, 5.74) is 1.02. The Hall–Kier alpha value is -2.25. The maximum atomic E-state index is 13.3. The van der Waals surface area contributed by atoms with Crippen LogP contribution in [0.25, 0.3) is 0 Å². The molecule has 128 valence electrons. The maximum Gasteiger partial charge on any atom is 0.257 e. The van der Waals surface area contributed by atoms with Crippen LogP contribution in [0.2, 0.25) is 0 Å². The van der Waals surface area contributed by atoms with Crippen LogP contribution in [-0.2, 0) is 21.6 Å². The van der Waals surface area contributed by atoms with Gasteiger partial charge in [0, 0.05) is 20.3 Å². The lowest BCUT2D eigenvalue weighted by molar-refractivity contribution is 0.0344. The number of nitrogens with one attached hydrogen (secondary N) is 1. The molecule has 0 radical (unpaired) electrons. The molecule has 1 amide bonds. The summed E-state index contributed by atoms with van der Waals surface area (Å²) in [6.45, 7) is 1.23. The van der Waals surface area contributed by atoms with E-state index < -0.39 is 5.54 Å². The summed E-state index contributed by atoms with van der Waals surface area (Å²) in [6, 6.07) is 6.19. The van der Waals surface area contributed by atoms with Crippen LogP contribution < -0.4 is 5.32 Å². The van der Waals surface area contributed by atoms with Crippen molar-refractivity contribution in [1.82, 2.24) is 10.5 Å². The van der Waals surface area contributed by atoms with E-state index in [9.17, 15) is 9.18 Å². The zero-order chi connectivity index (χ0) is 17.0. The number of nitrogens with zero attached hydrogens (tertiary/aromatic N) is 1. The fourth-order valence-corrected chi connectivity index (χ4v) is 2.94. The molecule has 1 fully saturated rings. The molecule has 1 N–H and O–H groups in total. The first-order chi connectivity index (χ1) is 11.6. The largest absolute Gasteiger partial charge is 0.381 e. The van der Waals surface area contributed by atoms with Gasteiger partial charge < -0.3 is 19.3 Å². The van der Waals surface area contributed by atoms with E-state index in [1.165, 1.54) is 25.5 Å². The van der Waals surface area contributed by atoms with E-state index >= 15 is 0 Å². The molecular formula is C17H19FN2O4. The van der Waals surface area contributed by atoms with Crippen LogP contribution in [0.1, 0.15) is 34.5 Å². The fraction of sp³-hybridized carbons (Fsp3) is 0.412. The number of ether oxygens (including phenoxy) is 2. The normalized spacial score (nSPS) is 16.8. The Kier molecular flexibility index (Phi) is 4.92. The van der Waals surface area contributed by atoms with Gasteiger partial charge in [0.05, 0.1) is 12.1 Å². The number of methoxy groups -OCH3 is 1. The van der Waals surface area contributed by atoms with Crippen LogP contribution >= 0.6 is 0 Å². The number of rotatable bonds is 5. The Balaban J connectivity index is 1.88. The smallest absolute Gasteiger partial charge is 0.257 e. The van der Waals surface area contributed by atoms with Gasteiger partial charge >= 0.3 is 0 Å². The highest BCUT2D eigenvalue weighted by molar-refractivity contribution is 5.95. The molecule has 3 rings (SSSR count). The number of hydrogen-bond donors (Lipinski definition) is 1. The molecule has 2 aromatic rings. The van der Waals surface area contributed by atoms with Crippen molar-refractivity contribution in [2.75, 3.05) is 20.3 Å². The summed E-state index contributed by atoms with van der Waals surface area (Å²) in [5.74, 6) is -0.608. The number of aromatic nitrogens is 1. The van der Waals surface area contributed by atoms with Crippen LogP contribution in [0.4, 0.5) is 4.39 Å². The van der Waals surface area contributed by atoms with Gasteiger partial charge in [0.1, 0.15) is 23.3 Å². The van der Waals surface area contributed by atoms with E-state index in [1.54, 1.807) is 12.1 Å². The highest BCUT2D eigenvalue weighted by Gasteiger charge is 2.37. The number of carbonyl (C=O) groups is 1. The highest BCUT2D eigenvalue weighted by atomic mass is 19.1. The van der Waals surface area contributed by atoms with Crippen LogP contribution in [0.5, 0.6) is 0 Å². The minimum atomic E-state index is -0.607. The zero-order valence-electron chi connectivity index (χ0n) is 13.4. The Bertz CT molecular complexity index is 693. The summed E-state index contributed by atoms with van der Waals surface area (Å²) >= 11 is 0. The summed E-state index contributed by atoms with van der Waals surface area (Å²) in [4.78, 5) is 12.7. The SMILES string of the molecule is COCc1nocc1C(=O)NC1(c2ccc(F)cc2)CCOCC1. The van der Waals surface area contributed by atoms with Crippen molar-refractivity contribution in [3.05, 3.63) is 53.2 Å². The molecule has 0 aliphatic carbocycles. The fourth-order valence-electron chi connectivity index (χ4n) is 2.94. The molecule has 1 aliphatic heterocycles. The first-order valence-electron chi connectivity index (χ1n) is 7.73. The summed E-state index contributed by atoms with van der Waals surface area (Å²) < 4.78 is 28.6. The van der Waals surface area contributed by atoms with Crippen molar-refractivity contribution < 1.29 is 23.2 Å². The molecule has 2 heterocycles. The van der Waals surface area contributed by atoms with Crippen molar-refractivity contribution >= 4 is 5.91 Å². The Morgan fingerprint density at radius 3 is 2.71 bits per heavy atom. The zero-order valence-corrected chi connectivity index (χ0v) is 13.4. The van der Waals surface area contributed by atoms with E-state index in [2.05, 4.69) is 10.5 Å². The monoisotopic (exact) mass is 334 g/mol. The van der Waals surface area contributed by atoms with E-state index in [0.717, 1.165) is 5.56 Å². The second-order valence-corrected chi connectivity index (χ2v) is 5.76. The van der Waals surface area contributed by atoms with E-state index in [0.29, 0.717) is 37.3 Å². The van der Waals surface area contributed by atoms with Gasteiger partial charge in [-0.2, -0.15) is 0 Å². The number of carbonyl (C=O) groups excluding carboxylic acids is 1. The minimum absolute atomic E-state index is 0.186. The average Bonchev–Trinajstić information content (AvgIpc) is 3.05. The first kappa shape index (κ1) is 16.6. The standard InChI is InChI=1S/C17H19FN2O4/c1-22-11-15-14(10-24-20-15)16(21)19-17(6-8-23-9-7-17)12-2-4-13(18)5-3-12/h2-5,10H,6-9,11H2,1H3,(H,19,21). The van der Waals surface area contributed by atoms with Crippen molar-refractivity contribution in [2.45, 2.75) is 25.0 Å². The van der Waals surface area contributed by atoms with Crippen LogP contribution in [0.3, 0.4) is 0 Å². The number of amides is 1. The second-order valence-electron chi connectivity index (χ2n) is 5.76. The molecule has 1 aromatic carbocycles. The van der Waals surface area contributed by atoms with Crippen molar-refractivity contribution in [3.63, 3.8) is 0 Å². The van der Waals surface area contributed by atoms with E-state index in [4.69, 9.17) is 14.0 Å². The molecule has 0 saturated carbocycles. The van der Waals surface area contributed by atoms with Gasteiger partial charge in [0.15, 0.2) is 0 Å². The quantitative estimate of drug-likeness (QED) is 0.909. The molecule has 1 saturated heterocycles. The molecule has 0 unspecified atom stereocenters. The van der Waals surface area contributed by atoms with Gasteiger partial charge in [-0.25, -0.2) is 4.39 Å². The Morgan fingerprint density at radius 2 is 2.04 bits per heavy atom. The molecular weight excluding hydrogens is 315 g/mol. The average molecular weight is 334 g/mol. The Labute approximate surface area is 138 Å². The number of halogens is 1. The summed E-state index contributed by atoms with van der Waals surface area (Å²) in [6.07, 6.45) is 2.52. The topological polar surface area (TPSA) is 73.6 Å². The van der Waals surface area contributed by atoms with Gasteiger partial charge in [-0.15, -0.1) is 0 Å². The maximum absolute atomic E-state index is 13.3. The minimum Gasteiger partial charge on any atom is -0.381 e. The molecule has 1 aliphatic rings. The van der Waals surface area contributed by atoms with Crippen LogP contribution in [0, 0.1) is 5.82 Å². The predicted octanol–water partition coefficient (Wildman–Crippen LogP) is 2.40. The number of benzene rings is 1. The van der Waals surface area contributed by atoms with Crippen molar-refractivity contribution in [1.29, 1.82) is 0 Å². The third-order valence-electron chi connectivity index (χ3n) is 4.27. The molecule has 0 spiro atoms. The summed E-state index contributed by atoms with van der Waals surface area (Å²) in [5, 5.41) is 6.86. The third-order valence-corrected chi connectivity index (χ3v) is 4.27. The lowest BCUT2D eigenvalue weighted by Crippen LogP contribution is -2.49. The lowest BCUT2D eigenvalue weighted by Gasteiger charge is -2.38. The van der Waals surface area contributed by atoms with Crippen LogP contribution in [0.15, 0.2) is 35.1 Å². The summed E-state index contributed by atoms with van der Waals surface area (Å²) in [7, 11) is 1.52. The van der Waals surface area contributed by atoms with Crippen molar-refractivity contribution in [3.8, 4) is 0 Å². The van der Waals surface area contributed by atoms with Gasteiger partial charge in [0.25, 0.3) is 5.91 Å².